The van der Waals surface area contributed by atoms with Gasteiger partial charge < -0.3 is 10.1 Å². The van der Waals surface area contributed by atoms with Crippen LogP contribution >= 0.6 is 0 Å². The number of rotatable bonds is 0. The molecule has 3 rings (SSSR count). The van der Waals surface area contributed by atoms with Crippen molar-refractivity contribution in [2.45, 2.75) is 31.8 Å². The van der Waals surface area contributed by atoms with Crippen molar-refractivity contribution >= 4 is 5.84 Å². The van der Waals surface area contributed by atoms with E-state index in [1.807, 2.05) is 6.92 Å². The van der Waals surface area contributed by atoms with Crippen molar-refractivity contribution in [1.82, 2.24) is 5.32 Å². The first-order valence-corrected chi connectivity index (χ1v) is 5.63. The molecule has 2 heterocycles. The molecule has 2 unspecified atom stereocenters. The van der Waals surface area contributed by atoms with Crippen molar-refractivity contribution < 1.29 is 4.74 Å². The lowest BCUT2D eigenvalue weighted by atomic mass is 9.88. The topological polar surface area (TPSA) is 33.6 Å². The first kappa shape index (κ1) is 9.16. The van der Waals surface area contributed by atoms with Gasteiger partial charge in [0.1, 0.15) is 0 Å². The molecule has 80 valence electrons. The quantitative estimate of drug-likeness (QED) is 0.647. The Labute approximate surface area is 89.9 Å². The summed E-state index contributed by atoms with van der Waals surface area (Å²) in [5, 5.41) is 3.40. The molecule has 0 saturated carbocycles. The van der Waals surface area contributed by atoms with Gasteiger partial charge in [-0.05, 0) is 30.9 Å². The van der Waals surface area contributed by atoms with Gasteiger partial charge in [0, 0.05) is 6.61 Å². The molecule has 3 aliphatic rings. The molecule has 0 aromatic rings. The van der Waals surface area contributed by atoms with Crippen LogP contribution in [0.2, 0.25) is 0 Å². The Hall–Kier alpha value is -1.09. The molecule has 0 amide bonds. The zero-order valence-corrected chi connectivity index (χ0v) is 8.99. The van der Waals surface area contributed by atoms with E-state index in [0.717, 1.165) is 31.9 Å². The van der Waals surface area contributed by atoms with Crippen LogP contribution in [-0.4, -0.2) is 31.1 Å². The molecule has 0 spiro atoms. The van der Waals surface area contributed by atoms with Crippen molar-refractivity contribution in [1.29, 1.82) is 0 Å². The van der Waals surface area contributed by atoms with Gasteiger partial charge in [0.25, 0.3) is 0 Å². The molecule has 3 nitrogen and oxygen atoms in total. The first-order chi connectivity index (χ1) is 7.34. The van der Waals surface area contributed by atoms with Crippen molar-refractivity contribution in [3.63, 3.8) is 0 Å². The second-order valence-electron chi connectivity index (χ2n) is 4.40. The molecule has 0 saturated heterocycles. The number of amidine groups is 1. The Balaban J connectivity index is 1.96. The highest BCUT2D eigenvalue weighted by Crippen LogP contribution is 2.30. The van der Waals surface area contributed by atoms with Crippen LogP contribution < -0.4 is 5.32 Å². The number of nitrogens with zero attached hydrogens (tertiary/aromatic N) is 1. The SMILES string of the molecule is CC1=NC2C3=C(C=CC2N1)COCCC3. The summed E-state index contributed by atoms with van der Waals surface area (Å²) in [4.78, 5) is 4.68. The van der Waals surface area contributed by atoms with E-state index in [2.05, 4.69) is 22.5 Å². The molecule has 0 fully saturated rings. The Morgan fingerprint density at radius 2 is 2.47 bits per heavy atom. The summed E-state index contributed by atoms with van der Waals surface area (Å²) in [6.07, 6.45) is 6.70. The van der Waals surface area contributed by atoms with Crippen molar-refractivity contribution in [2.24, 2.45) is 4.99 Å². The van der Waals surface area contributed by atoms with Crippen molar-refractivity contribution in [3.05, 3.63) is 23.3 Å². The molecule has 2 aliphatic heterocycles. The van der Waals surface area contributed by atoms with Crippen molar-refractivity contribution in [2.75, 3.05) is 13.2 Å². The fourth-order valence-electron chi connectivity index (χ4n) is 2.61. The van der Waals surface area contributed by atoms with Gasteiger partial charge in [-0.1, -0.05) is 12.2 Å². The number of hydrogen-bond acceptors (Lipinski definition) is 3. The van der Waals surface area contributed by atoms with Crippen LogP contribution in [0.5, 0.6) is 0 Å². The van der Waals surface area contributed by atoms with Crippen LogP contribution in [0.1, 0.15) is 19.8 Å². The van der Waals surface area contributed by atoms with Crippen LogP contribution in [-0.2, 0) is 4.74 Å². The maximum Gasteiger partial charge on any atom is 0.0973 e. The highest BCUT2D eigenvalue weighted by molar-refractivity contribution is 5.83. The predicted octanol–water partition coefficient (Wildman–Crippen LogP) is 1.42. The molecule has 1 aliphatic carbocycles. The van der Waals surface area contributed by atoms with E-state index in [1.165, 1.54) is 11.1 Å². The fourth-order valence-corrected chi connectivity index (χ4v) is 2.61. The van der Waals surface area contributed by atoms with Crippen LogP contribution in [0.4, 0.5) is 0 Å². The van der Waals surface area contributed by atoms with Crippen LogP contribution in [0, 0.1) is 0 Å². The number of aliphatic imine (C=N–C) groups is 1. The third-order valence-corrected chi connectivity index (χ3v) is 3.32. The lowest BCUT2D eigenvalue weighted by molar-refractivity contribution is 0.161. The summed E-state index contributed by atoms with van der Waals surface area (Å²) >= 11 is 0. The Morgan fingerprint density at radius 3 is 3.40 bits per heavy atom. The van der Waals surface area contributed by atoms with E-state index >= 15 is 0 Å². The number of nitrogens with one attached hydrogen (secondary N) is 1. The molecule has 0 bridgehead atoms. The average molecular weight is 204 g/mol. The van der Waals surface area contributed by atoms with Gasteiger partial charge in [0.15, 0.2) is 0 Å². The minimum atomic E-state index is 0.340. The molecule has 0 radical (unpaired) electrons. The normalized spacial score (nSPS) is 34.1. The van der Waals surface area contributed by atoms with E-state index in [-0.39, 0.29) is 0 Å². The predicted molar refractivity (Wildman–Crippen MR) is 60.0 cm³/mol. The summed E-state index contributed by atoms with van der Waals surface area (Å²) in [5.74, 6) is 1.06. The minimum absolute atomic E-state index is 0.340. The van der Waals surface area contributed by atoms with E-state index in [1.54, 1.807) is 0 Å². The summed E-state index contributed by atoms with van der Waals surface area (Å²) in [6.45, 7) is 3.69. The third-order valence-electron chi connectivity index (χ3n) is 3.32. The maximum absolute atomic E-state index is 5.56. The molecule has 1 N–H and O–H groups in total. The second-order valence-corrected chi connectivity index (χ2v) is 4.40. The lowest BCUT2D eigenvalue weighted by Crippen LogP contribution is -2.35. The zero-order chi connectivity index (χ0) is 10.3. The zero-order valence-electron chi connectivity index (χ0n) is 8.99. The molecule has 15 heavy (non-hydrogen) atoms. The number of ether oxygens (including phenoxy) is 1. The van der Waals surface area contributed by atoms with E-state index in [9.17, 15) is 0 Å². The monoisotopic (exact) mass is 204 g/mol. The van der Waals surface area contributed by atoms with E-state index in [4.69, 9.17) is 4.74 Å². The summed E-state index contributed by atoms with van der Waals surface area (Å²) in [5.41, 5.74) is 2.85. The minimum Gasteiger partial charge on any atom is -0.377 e. The van der Waals surface area contributed by atoms with Crippen LogP contribution in [0.3, 0.4) is 0 Å². The van der Waals surface area contributed by atoms with Gasteiger partial charge in [-0.25, -0.2) is 0 Å². The van der Waals surface area contributed by atoms with Gasteiger partial charge in [0.05, 0.1) is 24.5 Å². The lowest BCUT2D eigenvalue weighted by Gasteiger charge is -2.23. The van der Waals surface area contributed by atoms with Gasteiger partial charge in [0.2, 0.25) is 0 Å². The Bertz CT molecular complexity index is 368. The maximum atomic E-state index is 5.56. The highest BCUT2D eigenvalue weighted by Gasteiger charge is 2.32. The van der Waals surface area contributed by atoms with E-state index < -0.39 is 0 Å². The summed E-state index contributed by atoms with van der Waals surface area (Å²) in [6, 6.07) is 0.730. The summed E-state index contributed by atoms with van der Waals surface area (Å²) in [7, 11) is 0. The third kappa shape index (κ3) is 1.51. The molecular weight excluding hydrogens is 188 g/mol. The smallest absolute Gasteiger partial charge is 0.0973 e. The molecule has 0 aromatic heterocycles. The fraction of sp³-hybridized carbons (Fsp3) is 0.583. The second kappa shape index (κ2) is 3.49. The van der Waals surface area contributed by atoms with Crippen LogP contribution in [0.15, 0.2) is 28.3 Å². The average Bonchev–Trinajstić information content (AvgIpc) is 2.48. The van der Waals surface area contributed by atoms with Gasteiger partial charge in [-0.2, -0.15) is 0 Å². The summed E-state index contributed by atoms with van der Waals surface area (Å²) < 4.78 is 5.56. The molecule has 3 heteroatoms. The van der Waals surface area contributed by atoms with E-state index in [0.29, 0.717) is 12.1 Å². The largest absolute Gasteiger partial charge is 0.377 e. The number of hydrogen-bond donors (Lipinski definition) is 1. The van der Waals surface area contributed by atoms with Crippen molar-refractivity contribution in [3.8, 4) is 0 Å². The van der Waals surface area contributed by atoms with Gasteiger partial charge in [-0.15, -0.1) is 0 Å². The van der Waals surface area contributed by atoms with Gasteiger partial charge >= 0.3 is 0 Å². The highest BCUT2D eigenvalue weighted by atomic mass is 16.5. The Kier molecular flexibility index (Phi) is 2.13. The molecule has 2 atom stereocenters. The number of fused-ring (bicyclic) bond motifs is 2. The first-order valence-electron chi connectivity index (χ1n) is 5.63. The Morgan fingerprint density at radius 1 is 1.53 bits per heavy atom. The van der Waals surface area contributed by atoms with Gasteiger partial charge in [-0.3, -0.25) is 4.99 Å². The molecular formula is C12H16N2O. The molecule has 0 aromatic carbocycles. The standard InChI is InChI=1S/C12H16N2O/c1-8-13-11-5-4-9-7-15-6-2-3-10(9)12(11)14-8/h4-5,11-12H,2-3,6-7H2,1H3,(H,13,14). The van der Waals surface area contributed by atoms with Crippen LogP contribution in [0.25, 0.3) is 0 Å².